The quantitative estimate of drug-likeness (QED) is 0.426. The lowest BCUT2D eigenvalue weighted by atomic mass is 9.50. The lowest BCUT2D eigenvalue weighted by Gasteiger charge is -2.57. The van der Waals surface area contributed by atoms with Crippen LogP contribution in [-0.4, -0.2) is 53.4 Å². The van der Waals surface area contributed by atoms with Gasteiger partial charge >= 0.3 is 0 Å². The fraction of sp³-hybridized carbons (Fsp3) is 0.667. The van der Waals surface area contributed by atoms with E-state index in [-0.39, 0.29) is 23.3 Å². The van der Waals surface area contributed by atoms with Crippen molar-refractivity contribution in [3.8, 4) is 0 Å². The summed E-state index contributed by atoms with van der Waals surface area (Å²) in [5, 5.41) is 22.5. The van der Waals surface area contributed by atoms with Gasteiger partial charge in [-0.15, -0.1) is 0 Å². The minimum absolute atomic E-state index is 0.0533. The number of rotatable bonds is 6. The molecule has 1 aliphatic heterocycles. The summed E-state index contributed by atoms with van der Waals surface area (Å²) < 4.78 is 0. The number of hydroxylamine groups is 2. The number of carbonyl (C=O) groups is 1. The highest BCUT2D eigenvalue weighted by Gasteiger charge is 2.64. The molecule has 1 heterocycles. The monoisotopic (exact) mass is 518 g/mol. The van der Waals surface area contributed by atoms with E-state index in [1.54, 1.807) is 5.57 Å². The zero-order valence-electron chi connectivity index (χ0n) is 23.4. The van der Waals surface area contributed by atoms with Crippen molar-refractivity contribution in [2.24, 2.45) is 17.3 Å². The summed E-state index contributed by atoms with van der Waals surface area (Å²) in [6, 6.07) is 9.43. The number of allylic oxidation sites excluding steroid dienone is 4. The Morgan fingerprint density at radius 1 is 1.05 bits per heavy atom. The Labute approximate surface area is 228 Å². The maximum Gasteiger partial charge on any atom is 0.156 e. The van der Waals surface area contributed by atoms with Gasteiger partial charge in [0, 0.05) is 44.8 Å². The van der Waals surface area contributed by atoms with Crippen LogP contribution in [0, 0.1) is 17.3 Å². The van der Waals surface area contributed by atoms with Crippen LogP contribution >= 0.6 is 0 Å². The first-order valence-electron chi connectivity index (χ1n) is 15.2. The number of aliphatic hydroxyl groups excluding tert-OH is 1. The molecule has 0 bridgehead atoms. The number of hydrogen-bond acceptors (Lipinski definition) is 5. The Hall–Kier alpha value is -1.95. The third-order valence-corrected chi connectivity index (χ3v) is 11.4. The lowest BCUT2D eigenvalue weighted by molar-refractivity contribution is -0.204. The number of hydrogen-bond donors (Lipinski definition) is 2. The van der Waals surface area contributed by atoms with Gasteiger partial charge < -0.3 is 15.2 Å². The molecule has 6 rings (SSSR count). The molecular weight excluding hydrogens is 472 g/mol. The highest BCUT2D eigenvalue weighted by atomic mass is 16.5. The second-order valence-electron chi connectivity index (χ2n) is 13.1. The average molecular weight is 519 g/mol. The number of benzene rings is 1. The van der Waals surface area contributed by atoms with E-state index in [9.17, 15) is 15.1 Å². The van der Waals surface area contributed by atoms with Gasteiger partial charge in [0.1, 0.15) is 0 Å². The van der Waals surface area contributed by atoms with Gasteiger partial charge in [-0.05, 0) is 123 Å². The topological polar surface area (TPSA) is 64.0 Å². The Kier molecular flexibility index (Phi) is 7.07. The minimum atomic E-state index is -0.318. The molecular formula is C33H46N2O3. The molecule has 0 amide bonds. The largest absolute Gasteiger partial charge is 0.396 e. The summed E-state index contributed by atoms with van der Waals surface area (Å²) in [5.41, 5.74) is 6.75. The Bertz CT molecular complexity index is 1120. The van der Waals surface area contributed by atoms with Crippen molar-refractivity contribution in [1.82, 2.24) is 5.06 Å². The molecule has 0 aromatic heterocycles. The predicted octanol–water partition coefficient (Wildman–Crippen LogP) is 6.41. The Balaban J connectivity index is 1.44. The van der Waals surface area contributed by atoms with Gasteiger partial charge in [0.05, 0.1) is 5.54 Å². The van der Waals surface area contributed by atoms with Crippen molar-refractivity contribution in [3.05, 3.63) is 52.6 Å². The first-order chi connectivity index (χ1) is 18.4. The van der Waals surface area contributed by atoms with E-state index in [0.717, 1.165) is 64.5 Å². The molecule has 2 saturated carbocycles. The smallest absolute Gasteiger partial charge is 0.156 e. The third kappa shape index (κ3) is 4.12. The molecule has 3 fully saturated rings. The predicted molar refractivity (Wildman–Crippen MR) is 151 cm³/mol. The van der Waals surface area contributed by atoms with Crippen LogP contribution in [0.1, 0.15) is 95.5 Å². The van der Waals surface area contributed by atoms with Crippen LogP contribution in [0.4, 0.5) is 5.69 Å². The summed E-state index contributed by atoms with van der Waals surface area (Å²) in [4.78, 5) is 14.9. The fourth-order valence-electron chi connectivity index (χ4n) is 9.60. The van der Waals surface area contributed by atoms with Crippen molar-refractivity contribution in [3.63, 3.8) is 0 Å². The Morgan fingerprint density at radius 3 is 2.53 bits per heavy atom. The van der Waals surface area contributed by atoms with E-state index < -0.39 is 0 Å². The first-order valence-corrected chi connectivity index (χ1v) is 15.2. The first kappa shape index (κ1) is 26.3. The van der Waals surface area contributed by atoms with Crippen molar-refractivity contribution in [2.75, 3.05) is 31.6 Å². The summed E-state index contributed by atoms with van der Waals surface area (Å²) >= 11 is 0. The molecule has 1 aromatic carbocycles. The molecule has 0 unspecified atom stereocenters. The number of anilines is 1. The van der Waals surface area contributed by atoms with Crippen LogP contribution in [0.3, 0.4) is 0 Å². The number of carbonyl (C=O) groups excluding carboxylic acids is 1. The summed E-state index contributed by atoms with van der Waals surface area (Å²) in [7, 11) is 1.84. The number of piperidine rings is 1. The van der Waals surface area contributed by atoms with Gasteiger partial charge in [-0.3, -0.25) is 4.79 Å². The minimum Gasteiger partial charge on any atom is -0.396 e. The van der Waals surface area contributed by atoms with Crippen LogP contribution in [0.2, 0.25) is 0 Å². The van der Waals surface area contributed by atoms with Crippen LogP contribution in [-0.2, 0) is 4.79 Å². The lowest BCUT2D eigenvalue weighted by Crippen LogP contribution is -2.58. The van der Waals surface area contributed by atoms with Crippen LogP contribution < -0.4 is 4.90 Å². The van der Waals surface area contributed by atoms with Gasteiger partial charge in [0.2, 0.25) is 0 Å². The molecule has 0 spiro atoms. The van der Waals surface area contributed by atoms with E-state index in [4.69, 9.17) is 0 Å². The zero-order chi connectivity index (χ0) is 26.5. The zero-order valence-corrected chi connectivity index (χ0v) is 23.4. The normalized spacial score (nSPS) is 35.2. The second kappa shape index (κ2) is 10.2. The highest BCUT2D eigenvalue weighted by Crippen LogP contribution is 2.68. The molecule has 0 radical (unpaired) electrons. The van der Waals surface area contributed by atoms with E-state index in [1.807, 2.05) is 13.1 Å². The molecule has 206 valence electrons. The highest BCUT2D eigenvalue weighted by molar-refractivity contribution is 5.93. The average Bonchev–Trinajstić information content (AvgIpc) is 3.24. The van der Waals surface area contributed by atoms with Gasteiger partial charge in [-0.25, -0.2) is 0 Å². The summed E-state index contributed by atoms with van der Waals surface area (Å²) in [5.74, 6) is 1.60. The third-order valence-electron chi connectivity index (χ3n) is 11.4. The van der Waals surface area contributed by atoms with Gasteiger partial charge in [0.25, 0.3) is 0 Å². The SMILES string of the molecule is CN(O)[C@@]1(CCCO)CC[C@H]2[C@@H]3CCC4=CC(=O)CCC4=C3[C@@H](c3ccc(N4CCCCC4)cc3)C[C@@]21C. The molecule has 5 heteroatoms. The standard InChI is InChI=1S/C33H46N2O3/c1-32-22-29(23-7-10-25(11-8-23)35-18-4-3-5-19-35)31-27-14-12-26(37)21-24(27)9-13-28(31)30(32)15-17-33(32,34(2)38)16-6-20-36/h7-8,10-11,21,28-30,36,38H,3-6,9,12-20,22H2,1-2H3/t28-,29+,30-,32-,33-/m0/s1. The van der Waals surface area contributed by atoms with Crippen molar-refractivity contribution >= 4 is 11.5 Å². The molecule has 5 atom stereocenters. The maximum atomic E-state index is 12.4. The van der Waals surface area contributed by atoms with Crippen LogP contribution in [0.5, 0.6) is 0 Å². The summed E-state index contributed by atoms with van der Waals surface area (Å²) in [6.45, 7) is 4.91. The fourth-order valence-corrected chi connectivity index (χ4v) is 9.60. The van der Waals surface area contributed by atoms with E-state index >= 15 is 0 Å². The number of aliphatic hydroxyl groups is 1. The van der Waals surface area contributed by atoms with E-state index in [2.05, 4.69) is 36.1 Å². The van der Waals surface area contributed by atoms with Crippen molar-refractivity contribution < 1.29 is 15.1 Å². The molecule has 2 N–H and O–H groups in total. The van der Waals surface area contributed by atoms with Crippen LogP contribution in [0.15, 0.2) is 47.1 Å². The van der Waals surface area contributed by atoms with Crippen molar-refractivity contribution in [2.45, 2.75) is 95.4 Å². The number of ketones is 1. The second-order valence-corrected chi connectivity index (χ2v) is 13.1. The van der Waals surface area contributed by atoms with E-state index in [1.165, 1.54) is 46.7 Å². The molecule has 5 nitrogen and oxygen atoms in total. The van der Waals surface area contributed by atoms with Gasteiger partial charge in [0.15, 0.2) is 5.78 Å². The summed E-state index contributed by atoms with van der Waals surface area (Å²) in [6.07, 6.45) is 14.1. The molecule has 4 aliphatic carbocycles. The van der Waals surface area contributed by atoms with Crippen molar-refractivity contribution in [1.29, 1.82) is 0 Å². The molecule has 38 heavy (non-hydrogen) atoms. The molecule has 1 aromatic rings. The van der Waals surface area contributed by atoms with Gasteiger partial charge in [-0.2, -0.15) is 5.06 Å². The maximum absolute atomic E-state index is 12.4. The van der Waals surface area contributed by atoms with Crippen LogP contribution in [0.25, 0.3) is 0 Å². The molecule has 5 aliphatic rings. The Morgan fingerprint density at radius 2 is 1.82 bits per heavy atom. The van der Waals surface area contributed by atoms with E-state index in [0.29, 0.717) is 24.2 Å². The number of fused-ring (bicyclic) bond motifs is 4. The number of nitrogens with zero attached hydrogens (tertiary/aromatic N) is 2. The van der Waals surface area contributed by atoms with Gasteiger partial charge in [-0.1, -0.05) is 24.6 Å². The molecule has 1 saturated heterocycles.